The molecular formula is C12H16BrFO. The van der Waals surface area contributed by atoms with Crippen LogP contribution in [0.1, 0.15) is 37.8 Å². The summed E-state index contributed by atoms with van der Waals surface area (Å²) < 4.78 is 14.7. The summed E-state index contributed by atoms with van der Waals surface area (Å²) in [4.78, 5) is 0. The number of hydrogen-bond acceptors (Lipinski definition) is 1. The fourth-order valence-corrected chi connectivity index (χ4v) is 2.25. The van der Waals surface area contributed by atoms with E-state index in [1.165, 1.54) is 6.92 Å². The maximum atomic E-state index is 13.8. The van der Waals surface area contributed by atoms with Crippen LogP contribution in [0.25, 0.3) is 0 Å². The lowest BCUT2D eigenvalue weighted by Gasteiger charge is -2.19. The van der Waals surface area contributed by atoms with Crippen LogP contribution in [0.2, 0.25) is 0 Å². The van der Waals surface area contributed by atoms with Crippen molar-refractivity contribution in [2.45, 2.75) is 32.4 Å². The van der Waals surface area contributed by atoms with E-state index in [0.29, 0.717) is 11.5 Å². The summed E-state index contributed by atoms with van der Waals surface area (Å²) in [7, 11) is 0. The van der Waals surface area contributed by atoms with Gasteiger partial charge in [0.05, 0.1) is 6.61 Å². The molecule has 0 saturated carbocycles. The zero-order valence-corrected chi connectivity index (χ0v) is 10.8. The van der Waals surface area contributed by atoms with E-state index < -0.39 is 12.3 Å². The van der Waals surface area contributed by atoms with E-state index in [4.69, 9.17) is 5.11 Å². The molecule has 0 heterocycles. The molecule has 0 amide bonds. The van der Waals surface area contributed by atoms with Gasteiger partial charge >= 0.3 is 0 Å². The predicted octanol–water partition coefficient (Wildman–Crippen LogP) is 3.75. The van der Waals surface area contributed by atoms with Crippen molar-refractivity contribution in [2.24, 2.45) is 0 Å². The molecule has 0 radical (unpaired) electrons. The van der Waals surface area contributed by atoms with Gasteiger partial charge in [0.25, 0.3) is 0 Å². The van der Waals surface area contributed by atoms with E-state index in [9.17, 15) is 4.39 Å². The van der Waals surface area contributed by atoms with Crippen molar-refractivity contribution < 1.29 is 9.50 Å². The summed E-state index contributed by atoms with van der Waals surface area (Å²) in [6, 6.07) is 5.37. The average molecular weight is 275 g/mol. The Hall–Kier alpha value is -0.410. The van der Waals surface area contributed by atoms with Crippen molar-refractivity contribution in [2.75, 3.05) is 6.61 Å². The van der Waals surface area contributed by atoms with Gasteiger partial charge in [-0.3, -0.25) is 0 Å². The molecule has 0 aliphatic heterocycles. The number of aliphatic hydroxyl groups excluding tert-OH is 1. The van der Waals surface area contributed by atoms with Crippen LogP contribution in [0.15, 0.2) is 22.7 Å². The average Bonchev–Trinajstić information content (AvgIpc) is 2.17. The Morgan fingerprint density at radius 2 is 2.07 bits per heavy atom. The van der Waals surface area contributed by atoms with Crippen molar-refractivity contribution in [3.63, 3.8) is 0 Å². The second kappa shape index (κ2) is 4.62. The van der Waals surface area contributed by atoms with Crippen LogP contribution in [-0.2, 0) is 5.67 Å². The van der Waals surface area contributed by atoms with E-state index in [-0.39, 0.29) is 0 Å². The first kappa shape index (κ1) is 12.7. The van der Waals surface area contributed by atoms with Crippen molar-refractivity contribution >= 4 is 15.9 Å². The Bertz CT molecular complexity index is 347. The molecule has 0 aromatic heterocycles. The van der Waals surface area contributed by atoms with Gasteiger partial charge < -0.3 is 5.11 Å². The predicted molar refractivity (Wildman–Crippen MR) is 63.8 cm³/mol. The van der Waals surface area contributed by atoms with Crippen molar-refractivity contribution in [3.8, 4) is 0 Å². The lowest BCUT2D eigenvalue weighted by molar-refractivity contribution is 0.0867. The van der Waals surface area contributed by atoms with E-state index in [2.05, 4.69) is 29.8 Å². The van der Waals surface area contributed by atoms with Gasteiger partial charge in [-0.05, 0) is 30.0 Å². The van der Waals surface area contributed by atoms with Gasteiger partial charge in [0.15, 0.2) is 5.67 Å². The topological polar surface area (TPSA) is 20.2 Å². The third-order valence-electron chi connectivity index (χ3n) is 2.52. The van der Waals surface area contributed by atoms with Crippen LogP contribution in [0, 0.1) is 0 Å². The number of alkyl halides is 1. The maximum absolute atomic E-state index is 13.8. The Labute approximate surface area is 98.4 Å². The number of benzene rings is 1. The van der Waals surface area contributed by atoms with Gasteiger partial charge in [-0.25, -0.2) is 4.39 Å². The second-order valence-corrected chi connectivity index (χ2v) is 5.10. The van der Waals surface area contributed by atoms with Gasteiger partial charge in [-0.15, -0.1) is 0 Å². The minimum Gasteiger partial charge on any atom is -0.393 e. The van der Waals surface area contributed by atoms with E-state index >= 15 is 0 Å². The SMILES string of the molecule is CC(C)c1ccc(C(C)(F)CO)cc1Br. The number of aliphatic hydroxyl groups is 1. The molecule has 1 N–H and O–H groups in total. The minimum absolute atomic E-state index is 0.397. The fourth-order valence-electron chi connectivity index (χ4n) is 1.41. The Kier molecular flexibility index (Phi) is 3.90. The van der Waals surface area contributed by atoms with E-state index in [1.54, 1.807) is 12.1 Å². The summed E-state index contributed by atoms with van der Waals surface area (Å²) in [6.07, 6.45) is 0. The summed E-state index contributed by atoms with van der Waals surface area (Å²) >= 11 is 3.42. The molecule has 3 heteroatoms. The largest absolute Gasteiger partial charge is 0.393 e. The monoisotopic (exact) mass is 274 g/mol. The zero-order valence-electron chi connectivity index (χ0n) is 9.22. The first-order chi connectivity index (χ1) is 6.88. The van der Waals surface area contributed by atoms with Crippen LogP contribution in [0.3, 0.4) is 0 Å². The van der Waals surface area contributed by atoms with Crippen LogP contribution in [0.4, 0.5) is 4.39 Å². The summed E-state index contributed by atoms with van der Waals surface area (Å²) in [5.74, 6) is 0.397. The van der Waals surface area contributed by atoms with Crippen molar-refractivity contribution in [1.82, 2.24) is 0 Å². The smallest absolute Gasteiger partial charge is 0.156 e. The summed E-state index contributed by atoms with van der Waals surface area (Å²) in [5.41, 5.74) is -0.0216. The third-order valence-corrected chi connectivity index (χ3v) is 3.21. The van der Waals surface area contributed by atoms with Gasteiger partial charge in [-0.2, -0.15) is 0 Å². The number of halogens is 2. The Balaban J connectivity index is 3.12. The fraction of sp³-hybridized carbons (Fsp3) is 0.500. The number of hydrogen-bond donors (Lipinski definition) is 1. The normalized spacial score (nSPS) is 15.4. The highest BCUT2D eigenvalue weighted by Crippen LogP contribution is 2.31. The molecule has 0 saturated heterocycles. The Morgan fingerprint density at radius 1 is 1.47 bits per heavy atom. The summed E-state index contributed by atoms with van der Waals surface area (Å²) in [5, 5.41) is 8.93. The molecule has 1 aromatic rings. The standard InChI is InChI=1S/C12H16BrFO/c1-8(2)10-5-4-9(6-11(10)13)12(3,14)7-15/h4-6,8,15H,7H2,1-3H3. The molecule has 0 spiro atoms. The first-order valence-corrected chi connectivity index (χ1v) is 5.77. The molecule has 0 bridgehead atoms. The van der Waals surface area contributed by atoms with Crippen LogP contribution in [0.5, 0.6) is 0 Å². The van der Waals surface area contributed by atoms with Crippen LogP contribution >= 0.6 is 15.9 Å². The van der Waals surface area contributed by atoms with Crippen molar-refractivity contribution in [1.29, 1.82) is 0 Å². The third kappa shape index (κ3) is 2.79. The maximum Gasteiger partial charge on any atom is 0.156 e. The van der Waals surface area contributed by atoms with Crippen LogP contribution in [-0.4, -0.2) is 11.7 Å². The molecule has 15 heavy (non-hydrogen) atoms. The first-order valence-electron chi connectivity index (χ1n) is 4.98. The lowest BCUT2D eigenvalue weighted by Crippen LogP contribution is -2.20. The highest BCUT2D eigenvalue weighted by atomic mass is 79.9. The molecule has 84 valence electrons. The van der Waals surface area contributed by atoms with Gasteiger partial charge in [0.1, 0.15) is 0 Å². The molecule has 1 nitrogen and oxygen atoms in total. The zero-order chi connectivity index (χ0) is 11.6. The highest BCUT2D eigenvalue weighted by Gasteiger charge is 2.25. The van der Waals surface area contributed by atoms with Crippen molar-refractivity contribution in [3.05, 3.63) is 33.8 Å². The van der Waals surface area contributed by atoms with E-state index in [0.717, 1.165) is 10.0 Å². The van der Waals surface area contributed by atoms with Gasteiger partial charge in [0.2, 0.25) is 0 Å². The summed E-state index contributed by atoms with van der Waals surface area (Å²) in [6.45, 7) is 5.05. The second-order valence-electron chi connectivity index (χ2n) is 4.25. The molecule has 0 aliphatic rings. The van der Waals surface area contributed by atoms with E-state index in [1.807, 2.05) is 6.07 Å². The number of rotatable bonds is 3. The lowest BCUT2D eigenvalue weighted by atomic mass is 9.95. The molecular weight excluding hydrogens is 259 g/mol. The quantitative estimate of drug-likeness (QED) is 0.890. The molecule has 1 rings (SSSR count). The Morgan fingerprint density at radius 3 is 2.47 bits per heavy atom. The van der Waals surface area contributed by atoms with Gasteiger partial charge in [-0.1, -0.05) is 41.9 Å². The van der Waals surface area contributed by atoms with Gasteiger partial charge in [0, 0.05) is 4.47 Å². The highest BCUT2D eigenvalue weighted by molar-refractivity contribution is 9.10. The molecule has 1 atom stereocenters. The molecule has 0 aliphatic carbocycles. The molecule has 1 unspecified atom stereocenters. The van der Waals surface area contributed by atoms with Crippen LogP contribution < -0.4 is 0 Å². The molecule has 0 fully saturated rings. The minimum atomic E-state index is -1.67. The molecule has 1 aromatic carbocycles.